The monoisotopic (exact) mass is 773 g/mol. The van der Waals surface area contributed by atoms with Gasteiger partial charge in [0.05, 0.1) is 37.9 Å². The molecular formula is C43H85N2O7P. The Morgan fingerprint density at radius 2 is 1.08 bits per heavy atom. The summed E-state index contributed by atoms with van der Waals surface area (Å²) < 4.78 is 22.1. The van der Waals surface area contributed by atoms with Crippen LogP contribution < -0.4 is 11.1 Å². The number of rotatable bonds is 41. The lowest BCUT2D eigenvalue weighted by Crippen LogP contribution is -2.46. The van der Waals surface area contributed by atoms with Crippen molar-refractivity contribution in [2.75, 3.05) is 19.8 Å². The van der Waals surface area contributed by atoms with Crippen LogP contribution in [0.2, 0.25) is 0 Å². The Morgan fingerprint density at radius 3 is 1.57 bits per heavy atom. The number of carbonyl (C=O) groups excluding carboxylic acids is 1. The van der Waals surface area contributed by atoms with Gasteiger partial charge in [0.2, 0.25) is 5.91 Å². The summed E-state index contributed by atoms with van der Waals surface area (Å²) in [5.74, 6) is -0.454. The van der Waals surface area contributed by atoms with E-state index in [9.17, 15) is 24.5 Å². The number of phosphoric ester groups is 1. The zero-order valence-corrected chi connectivity index (χ0v) is 35.3. The molecule has 0 aliphatic rings. The van der Waals surface area contributed by atoms with Gasteiger partial charge in [0, 0.05) is 6.54 Å². The molecule has 314 valence electrons. The van der Waals surface area contributed by atoms with Crippen LogP contribution in [0.5, 0.6) is 0 Å². The number of allylic oxidation sites excluding steroid dienone is 3. The first-order valence-electron chi connectivity index (χ1n) is 22.0. The fourth-order valence-electron chi connectivity index (χ4n) is 6.49. The summed E-state index contributed by atoms with van der Waals surface area (Å²) in [6.45, 7) is 3.95. The van der Waals surface area contributed by atoms with Crippen molar-refractivity contribution in [2.24, 2.45) is 5.73 Å². The maximum atomic E-state index is 12.8. The standard InChI is InChI=1S/C43H85N2O7P/c1-3-5-7-9-11-13-15-17-18-19-20-21-22-23-25-27-29-31-33-35-42(47)41(39-52-53(49,50)51-37-36-44)45-43(48)38-40(46)34-32-30-28-26-24-16-14-12-10-8-6-4-2/h25,27,33,35,40-42,46-47H,3-24,26,28-32,34,36-39,44H2,1-2H3,(H,45,48)(H,49,50)/b27-25+,35-33+. The van der Waals surface area contributed by atoms with Crippen LogP contribution >= 0.6 is 7.82 Å². The second kappa shape index (κ2) is 39.2. The minimum atomic E-state index is -4.40. The minimum absolute atomic E-state index is 0.0460. The summed E-state index contributed by atoms with van der Waals surface area (Å²) in [6, 6.07) is -0.995. The lowest BCUT2D eigenvalue weighted by atomic mass is 10.0. The Bertz CT molecular complexity index is 904. The molecule has 4 atom stereocenters. The van der Waals surface area contributed by atoms with E-state index in [0.717, 1.165) is 32.1 Å². The van der Waals surface area contributed by atoms with Crippen LogP contribution in [0.25, 0.3) is 0 Å². The van der Waals surface area contributed by atoms with E-state index in [0.29, 0.717) is 12.8 Å². The van der Waals surface area contributed by atoms with Crippen LogP contribution in [-0.2, 0) is 18.4 Å². The summed E-state index contributed by atoms with van der Waals surface area (Å²) >= 11 is 0. The molecule has 0 saturated heterocycles. The molecule has 0 fully saturated rings. The molecule has 1 amide bonds. The Balaban J connectivity index is 4.35. The molecule has 0 aromatic heterocycles. The molecule has 0 aliphatic carbocycles. The Kier molecular flexibility index (Phi) is 38.4. The molecule has 9 nitrogen and oxygen atoms in total. The lowest BCUT2D eigenvalue weighted by molar-refractivity contribution is -0.124. The summed E-state index contributed by atoms with van der Waals surface area (Å²) in [7, 11) is -4.40. The number of unbranched alkanes of at least 4 members (excludes halogenated alkanes) is 25. The van der Waals surface area contributed by atoms with Crippen LogP contribution in [0, 0.1) is 0 Å². The fraction of sp³-hybridized carbons (Fsp3) is 0.884. The van der Waals surface area contributed by atoms with Gasteiger partial charge in [-0.3, -0.25) is 13.8 Å². The van der Waals surface area contributed by atoms with Gasteiger partial charge < -0.3 is 26.2 Å². The van der Waals surface area contributed by atoms with Gasteiger partial charge in [-0.2, -0.15) is 0 Å². The Hall–Kier alpha value is -1.06. The number of carbonyl (C=O) groups is 1. The molecule has 0 spiro atoms. The molecule has 0 saturated carbocycles. The van der Waals surface area contributed by atoms with Crippen molar-refractivity contribution in [3.63, 3.8) is 0 Å². The number of aliphatic hydroxyl groups excluding tert-OH is 2. The normalized spacial score (nSPS) is 14.9. The van der Waals surface area contributed by atoms with Gasteiger partial charge in [-0.05, 0) is 32.1 Å². The van der Waals surface area contributed by atoms with Crippen LogP contribution in [0.3, 0.4) is 0 Å². The van der Waals surface area contributed by atoms with Crippen LogP contribution in [0.1, 0.15) is 206 Å². The first-order chi connectivity index (χ1) is 25.8. The topological polar surface area (TPSA) is 151 Å². The molecular weight excluding hydrogens is 687 g/mol. The highest BCUT2D eigenvalue weighted by Crippen LogP contribution is 2.43. The number of nitrogens with one attached hydrogen (secondary N) is 1. The molecule has 4 unspecified atom stereocenters. The second-order valence-corrected chi connectivity index (χ2v) is 16.5. The molecule has 10 heteroatoms. The molecule has 0 aromatic carbocycles. The number of phosphoric acid groups is 1. The van der Waals surface area contributed by atoms with Crippen molar-refractivity contribution in [2.45, 2.75) is 225 Å². The molecule has 0 bridgehead atoms. The van der Waals surface area contributed by atoms with Crippen molar-refractivity contribution in [1.29, 1.82) is 0 Å². The van der Waals surface area contributed by atoms with Crippen molar-refractivity contribution >= 4 is 13.7 Å². The predicted molar refractivity (Wildman–Crippen MR) is 223 cm³/mol. The fourth-order valence-corrected chi connectivity index (χ4v) is 7.25. The summed E-state index contributed by atoms with van der Waals surface area (Å²) in [5, 5.41) is 24.0. The van der Waals surface area contributed by atoms with E-state index in [1.165, 1.54) is 141 Å². The number of nitrogens with two attached hydrogens (primary N) is 1. The van der Waals surface area contributed by atoms with Gasteiger partial charge in [-0.25, -0.2) is 4.57 Å². The van der Waals surface area contributed by atoms with Gasteiger partial charge in [0.1, 0.15) is 0 Å². The van der Waals surface area contributed by atoms with Gasteiger partial charge >= 0.3 is 7.82 Å². The molecule has 0 rings (SSSR count). The average molecular weight is 773 g/mol. The Labute approximate surface area is 326 Å². The van der Waals surface area contributed by atoms with Crippen molar-refractivity contribution < 1.29 is 33.5 Å². The number of hydrogen-bond acceptors (Lipinski definition) is 7. The highest BCUT2D eigenvalue weighted by Gasteiger charge is 2.27. The quantitative estimate of drug-likeness (QED) is 0.0234. The maximum Gasteiger partial charge on any atom is 0.472 e. The van der Waals surface area contributed by atoms with Gasteiger partial charge in [-0.15, -0.1) is 0 Å². The van der Waals surface area contributed by atoms with Crippen LogP contribution in [0.4, 0.5) is 0 Å². The van der Waals surface area contributed by atoms with E-state index in [1.807, 2.05) is 6.08 Å². The third kappa shape index (κ3) is 37.6. The number of aliphatic hydroxyl groups is 2. The highest BCUT2D eigenvalue weighted by molar-refractivity contribution is 7.47. The van der Waals surface area contributed by atoms with Gasteiger partial charge in [-0.1, -0.05) is 192 Å². The summed E-state index contributed by atoms with van der Waals surface area (Å²) in [4.78, 5) is 22.7. The Morgan fingerprint density at radius 1 is 0.642 bits per heavy atom. The molecule has 0 aromatic rings. The van der Waals surface area contributed by atoms with E-state index < -0.39 is 38.6 Å². The third-order valence-corrected chi connectivity index (χ3v) is 10.8. The van der Waals surface area contributed by atoms with Crippen molar-refractivity contribution in [3.8, 4) is 0 Å². The molecule has 0 aliphatic heterocycles. The van der Waals surface area contributed by atoms with Crippen LogP contribution in [-0.4, -0.2) is 59.0 Å². The number of amides is 1. The smallest absolute Gasteiger partial charge is 0.393 e. The van der Waals surface area contributed by atoms with Crippen molar-refractivity contribution in [3.05, 3.63) is 24.3 Å². The second-order valence-electron chi connectivity index (χ2n) is 15.1. The molecule has 0 heterocycles. The van der Waals surface area contributed by atoms with E-state index in [1.54, 1.807) is 6.08 Å². The molecule has 0 radical (unpaired) electrons. The average Bonchev–Trinajstić information content (AvgIpc) is 3.13. The van der Waals surface area contributed by atoms with E-state index in [4.69, 9.17) is 14.8 Å². The maximum absolute atomic E-state index is 12.8. The largest absolute Gasteiger partial charge is 0.472 e. The third-order valence-electron chi connectivity index (χ3n) is 9.83. The summed E-state index contributed by atoms with van der Waals surface area (Å²) in [6.07, 6.45) is 41.2. The zero-order valence-electron chi connectivity index (χ0n) is 34.4. The van der Waals surface area contributed by atoms with Crippen LogP contribution in [0.15, 0.2) is 24.3 Å². The first kappa shape index (κ1) is 51.9. The predicted octanol–water partition coefficient (Wildman–Crippen LogP) is 11.1. The number of hydrogen-bond donors (Lipinski definition) is 5. The van der Waals surface area contributed by atoms with Gasteiger partial charge in [0.15, 0.2) is 0 Å². The highest BCUT2D eigenvalue weighted by atomic mass is 31.2. The van der Waals surface area contributed by atoms with E-state index >= 15 is 0 Å². The van der Waals surface area contributed by atoms with E-state index in [2.05, 4.69) is 31.3 Å². The summed E-state index contributed by atoms with van der Waals surface area (Å²) in [5.41, 5.74) is 5.36. The SMILES string of the molecule is CCCCCCCCCCCCCCC/C=C/CC/C=C/C(O)C(COP(=O)(O)OCCN)NC(=O)CC(O)CCCCCCCCCCCCCC. The lowest BCUT2D eigenvalue weighted by Gasteiger charge is -2.24. The zero-order chi connectivity index (χ0) is 39.1. The van der Waals surface area contributed by atoms with Crippen molar-refractivity contribution in [1.82, 2.24) is 5.32 Å². The van der Waals surface area contributed by atoms with Gasteiger partial charge in [0.25, 0.3) is 0 Å². The first-order valence-corrected chi connectivity index (χ1v) is 23.5. The molecule has 6 N–H and O–H groups in total. The minimum Gasteiger partial charge on any atom is -0.393 e. The molecule has 53 heavy (non-hydrogen) atoms. The van der Waals surface area contributed by atoms with E-state index in [-0.39, 0.29) is 19.6 Å².